The lowest BCUT2D eigenvalue weighted by Crippen LogP contribution is -2.46. The van der Waals surface area contributed by atoms with Crippen LogP contribution in [-0.4, -0.2) is 53.0 Å². The summed E-state index contributed by atoms with van der Waals surface area (Å²) in [6.45, 7) is 3.78. The summed E-state index contributed by atoms with van der Waals surface area (Å²) in [7, 11) is 2.06. The predicted molar refractivity (Wildman–Crippen MR) is 144 cm³/mol. The summed E-state index contributed by atoms with van der Waals surface area (Å²) in [4.78, 5) is 40.5. The van der Waals surface area contributed by atoms with Crippen LogP contribution in [0.2, 0.25) is 0 Å². The second kappa shape index (κ2) is 9.45. The number of urea groups is 1. The van der Waals surface area contributed by atoms with Crippen molar-refractivity contribution in [3.05, 3.63) is 65.3 Å². The number of piperidine rings is 1. The molecule has 6 rings (SSSR count). The maximum Gasteiger partial charge on any atom is 0.331 e. The van der Waals surface area contributed by atoms with E-state index in [0.717, 1.165) is 36.9 Å². The zero-order chi connectivity index (χ0) is 25.5. The van der Waals surface area contributed by atoms with E-state index in [2.05, 4.69) is 32.5 Å². The van der Waals surface area contributed by atoms with Gasteiger partial charge in [0.05, 0.1) is 22.4 Å². The van der Waals surface area contributed by atoms with Crippen LogP contribution < -0.4 is 20.3 Å². The van der Waals surface area contributed by atoms with E-state index in [1.165, 1.54) is 11.3 Å². The first-order valence-electron chi connectivity index (χ1n) is 12.2. The fourth-order valence-electron chi connectivity index (χ4n) is 4.99. The van der Waals surface area contributed by atoms with E-state index in [9.17, 15) is 9.59 Å². The summed E-state index contributed by atoms with van der Waals surface area (Å²) in [5.41, 5.74) is 2.79. The number of aryl methyl sites for hydroxylation is 1. The van der Waals surface area contributed by atoms with E-state index in [-0.39, 0.29) is 18.0 Å². The molecular formula is C27H26N6O3S. The van der Waals surface area contributed by atoms with E-state index in [1.807, 2.05) is 43.3 Å². The number of likely N-dealkylation sites (N-methyl/N-ethyl adjacent to an activating group) is 1. The Balaban J connectivity index is 1.33. The van der Waals surface area contributed by atoms with Gasteiger partial charge in [0.1, 0.15) is 15.5 Å². The molecule has 188 valence electrons. The summed E-state index contributed by atoms with van der Waals surface area (Å²) in [6.07, 6.45) is 5.33. The minimum atomic E-state index is -0.327. The molecule has 1 fully saturated rings. The molecule has 2 N–H and O–H groups in total. The van der Waals surface area contributed by atoms with E-state index in [0.29, 0.717) is 38.4 Å². The van der Waals surface area contributed by atoms with Gasteiger partial charge in [-0.15, -0.1) is 11.3 Å². The zero-order valence-corrected chi connectivity index (χ0v) is 21.3. The van der Waals surface area contributed by atoms with Gasteiger partial charge in [-0.1, -0.05) is 6.07 Å². The van der Waals surface area contributed by atoms with Crippen LogP contribution in [0.4, 0.5) is 21.9 Å². The molecule has 37 heavy (non-hydrogen) atoms. The number of benzene rings is 1. The Hall–Kier alpha value is -4.02. The van der Waals surface area contributed by atoms with Crippen molar-refractivity contribution in [2.24, 2.45) is 0 Å². The standard InChI is InChI=1S/C27H26N6O3S/c1-16-14-18(36-21-7-3-4-11-28-21)8-9-19(16)33-20-10-12-29-26-22(20)23(31-27(33)35)24(37-26)25(34)30-17-6-5-13-32(2)15-17/h3-4,7-12,14,17H,5-6,13,15H2,1-2H3,(H,30,34)(H,31,35). The molecule has 2 aliphatic rings. The summed E-state index contributed by atoms with van der Waals surface area (Å²) >= 11 is 1.30. The molecule has 0 spiro atoms. The largest absolute Gasteiger partial charge is 0.439 e. The van der Waals surface area contributed by atoms with Crippen LogP contribution >= 0.6 is 11.3 Å². The summed E-state index contributed by atoms with van der Waals surface area (Å²) in [5, 5.41) is 6.90. The van der Waals surface area contributed by atoms with Crippen LogP contribution in [0.15, 0.2) is 54.9 Å². The Bertz CT molecular complexity index is 1510. The molecule has 0 aliphatic carbocycles. The molecule has 10 heteroatoms. The van der Waals surface area contributed by atoms with Crippen molar-refractivity contribution in [2.75, 3.05) is 30.4 Å². The smallest absolute Gasteiger partial charge is 0.331 e. The molecular weight excluding hydrogens is 488 g/mol. The number of thiophene rings is 1. The average Bonchev–Trinajstić information content (AvgIpc) is 3.25. The highest BCUT2D eigenvalue weighted by Crippen LogP contribution is 2.46. The highest BCUT2D eigenvalue weighted by Gasteiger charge is 2.34. The number of pyridine rings is 2. The number of carbonyl (C=O) groups excluding carboxylic acids is 2. The Morgan fingerprint density at radius 3 is 2.84 bits per heavy atom. The minimum Gasteiger partial charge on any atom is -0.439 e. The fourth-order valence-corrected chi connectivity index (χ4v) is 6.01. The number of carbonyl (C=O) groups is 2. The first-order chi connectivity index (χ1) is 18.0. The molecule has 1 unspecified atom stereocenters. The highest BCUT2D eigenvalue weighted by atomic mass is 32.1. The first-order valence-corrected chi connectivity index (χ1v) is 13.0. The summed E-state index contributed by atoms with van der Waals surface area (Å²) < 4.78 is 5.85. The number of hydrogen-bond acceptors (Lipinski definition) is 7. The third kappa shape index (κ3) is 4.38. The van der Waals surface area contributed by atoms with Crippen LogP contribution in [0.5, 0.6) is 11.6 Å². The SMILES string of the molecule is Cc1cc(Oc2ccccn2)ccc1N1C(=O)Nc2c(C(=O)NC3CCCN(C)C3)sc3nccc1c23. The van der Waals surface area contributed by atoms with Crippen molar-refractivity contribution < 1.29 is 14.3 Å². The van der Waals surface area contributed by atoms with Crippen LogP contribution in [-0.2, 0) is 0 Å². The lowest BCUT2D eigenvalue weighted by atomic mass is 10.1. The molecule has 1 saturated heterocycles. The van der Waals surface area contributed by atoms with Crippen LogP contribution in [0.1, 0.15) is 28.1 Å². The highest BCUT2D eigenvalue weighted by molar-refractivity contribution is 7.21. The van der Waals surface area contributed by atoms with Crippen molar-refractivity contribution in [3.63, 3.8) is 0 Å². The summed E-state index contributed by atoms with van der Waals surface area (Å²) in [5.74, 6) is 0.945. The van der Waals surface area contributed by atoms with Crippen molar-refractivity contribution in [2.45, 2.75) is 25.8 Å². The van der Waals surface area contributed by atoms with Gasteiger partial charge in [-0.25, -0.2) is 14.8 Å². The van der Waals surface area contributed by atoms with Crippen molar-refractivity contribution >= 4 is 50.6 Å². The van der Waals surface area contributed by atoms with Crippen LogP contribution in [0, 0.1) is 6.92 Å². The Morgan fingerprint density at radius 1 is 1.16 bits per heavy atom. The normalized spacial score (nSPS) is 17.5. The number of ether oxygens (including phenoxy) is 1. The number of aromatic nitrogens is 2. The molecule has 0 bridgehead atoms. The van der Waals surface area contributed by atoms with E-state index < -0.39 is 0 Å². The molecule has 3 aromatic heterocycles. The van der Waals surface area contributed by atoms with Crippen molar-refractivity contribution in [1.82, 2.24) is 20.2 Å². The van der Waals surface area contributed by atoms with Crippen LogP contribution in [0.3, 0.4) is 0 Å². The number of nitrogens with zero attached hydrogens (tertiary/aromatic N) is 4. The molecule has 1 aromatic carbocycles. The fraction of sp³-hybridized carbons (Fsp3) is 0.259. The lowest BCUT2D eigenvalue weighted by Gasteiger charge is -2.31. The number of likely N-dealkylation sites (tertiary alicyclic amines) is 1. The number of rotatable bonds is 5. The van der Waals surface area contributed by atoms with E-state index in [4.69, 9.17) is 4.74 Å². The Labute approximate surface area is 218 Å². The number of anilines is 3. The second-order valence-electron chi connectivity index (χ2n) is 9.38. The Morgan fingerprint density at radius 2 is 2.05 bits per heavy atom. The third-order valence-electron chi connectivity index (χ3n) is 6.68. The van der Waals surface area contributed by atoms with E-state index in [1.54, 1.807) is 23.4 Å². The minimum absolute atomic E-state index is 0.0846. The van der Waals surface area contributed by atoms with Crippen LogP contribution in [0.25, 0.3) is 10.2 Å². The number of nitrogens with one attached hydrogen (secondary N) is 2. The van der Waals surface area contributed by atoms with Gasteiger partial charge in [0.25, 0.3) is 5.91 Å². The van der Waals surface area contributed by atoms with E-state index >= 15 is 0 Å². The van der Waals surface area contributed by atoms with Crippen molar-refractivity contribution in [3.8, 4) is 11.6 Å². The van der Waals surface area contributed by atoms with Gasteiger partial charge in [-0.2, -0.15) is 0 Å². The maximum atomic E-state index is 13.5. The van der Waals surface area contributed by atoms with Gasteiger partial charge in [0, 0.05) is 31.0 Å². The molecule has 4 aromatic rings. The molecule has 0 radical (unpaired) electrons. The molecule has 9 nitrogen and oxygen atoms in total. The average molecular weight is 515 g/mol. The van der Waals surface area contributed by atoms with Gasteiger partial charge in [0.2, 0.25) is 5.88 Å². The first kappa shape index (κ1) is 23.4. The molecule has 2 aliphatic heterocycles. The van der Waals surface area contributed by atoms with Gasteiger partial charge in [-0.3, -0.25) is 9.69 Å². The maximum absolute atomic E-state index is 13.5. The number of hydrogen-bond donors (Lipinski definition) is 2. The van der Waals surface area contributed by atoms with Gasteiger partial charge in [0.15, 0.2) is 0 Å². The zero-order valence-electron chi connectivity index (χ0n) is 20.5. The summed E-state index contributed by atoms with van der Waals surface area (Å²) in [6, 6.07) is 12.6. The molecule has 1 atom stereocenters. The van der Waals surface area contributed by atoms with Crippen molar-refractivity contribution in [1.29, 1.82) is 0 Å². The number of amides is 3. The Kier molecular flexibility index (Phi) is 5.97. The molecule has 3 amide bonds. The van der Waals surface area contributed by atoms with Gasteiger partial charge < -0.3 is 20.3 Å². The quantitative estimate of drug-likeness (QED) is 0.375. The van der Waals surface area contributed by atoms with Gasteiger partial charge >= 0.3 is 6.03 Å². The predicted octanol–water partition coefficient (Wildman–Crippen LogP) is 5.30. The third-order valence-corrected chi connectivity index (χ3v) is 7.78. The molecule has 5 heterocycles. The van der Waals surface area contributed by atoms with Gasteiger partial charge in [-0.05, 0) is 69.3 Å². The monoisotopic (exact) mass is 514 g/mol. The second-order valence-corrected chi connectivity index (χ2v) is 10.4. The lowest BCUT2D eigenvalue weighted by molar-refractivity contribution is 0.0917. The molecule has 0 saturated carbocycles. The topological polar surface area (TPSA) is 99.7 Å².